The van der Waals surface area contributed by atoms with Crippen LogP contribution in [0.25, 0.3) is 10.8 Å². The van der Waals surface area contributed by atoms with Crippen molar-refractivity contribution >= 4 is 26.8 Å². The summed E-state index contributed by atoms with van der Waals surface area (Å²) in [6.45, 7) is 0.452. The van der Waals surface area contributed by atoms with Crippen molar-refractivity contribution < 1.29 is 23.1 Å². The highest BCUT2D eigenvalue weighted by Gasteiger charge is 2.40. The van der Waals surface area contributed by atoms with Crippen LogP contribution in [0.5, 0.6) is 0 Å². The molecule has 0 spiro atoms. The zero-order valence-electron chi connectivity index (χ0n) is 16.3. The van der Waals surface area contributed by atoms with Gasteiger partial charge in [0.1, 0.15) is 0 Å². The second kappa shape index (κ2) is 8.55. The standard InChI is InChI=1S/C23H23NO5S/c25-23(26)14-20-13-21(29-16-17-6-2-1-3-7-17)15-24(20)30(27,28)22-11-10-18-8-4-5-9-19(18)12-22/h1-12,20-21H,13-16H2,(H,25,26)/p-1. The number of hydrogen-bond acceptors (Lipinski definition) is 5. The molecule has 1 aliphatic heterocycles. The lowest BCUT2D eigenvalue weighted by Gasteiger charge is -2.24. The Hall–Kier alpha value is -2.74. The second-order valence-electron chi connectivity index (χ2n) is 7.47. The Morgan fingerprint density at radius 3 is 2.43 bits per heavy atom. The van der Waals surface area contributed by atoms with Gasteiger partial charge < -0.3 is 14.6 Å². The van der Waals surface area contributed by atoms with Gasteiger partial charge in [0.05, 0.1) is 17.6 Å². The minimum absolute atomic E-state index is 0.111. The third kappa shape index (κ3) is 4.38. The Balaban J connectivity index is 1.57. The summed E-state index contributed by atoms with van der Waals surface area (Å²) in [6.07, 6.45) is -0.434. The van der Waals surface area contributed by atoms with Crippen molar-refractivity contribution in [1.82, 2.24) is 4.31 Å². The van der Waals surface area contributed by atoms with Gasteiger partial charge in [0, 0.05) is 25.0 Å². The first-order valence-electron chi connectivity index (χ1n) is 9.79. The molecule has 3 aromatic rings. The zero-order valence-corrected chi connectivity index (χ0v) is 17.1. The number of rotatable bonds is 7. The number of benzene rings is 3. The number of fused-ring (bicyclic) bond motifs is 1. The Kier molecular flexibility index (Phi) is 5.85. The van der Waals surface area contributed by atoms with Crippen LogP contribution in [-0.4, -0.2) is 37.4 Å². The van der Waals surface area contributed by atoms with Gasteiger partial charge in [-0.25, -0.2) is 8.42 Å². The molecule has 0 bridgehead atoms. The molecule has 156 valence electrons. The molecule has 1 saturated heterocycles. The van der Waals surface area contributed by atoms with Crippen LogP contribution in [-0.2, 0) is 26.2 Å². The van der Waals surface area contributed by atoms with Crippen LogP contribution in [0.1, 0.15) is 18.4 Å². The highest BCUT2D eigenvalue weighted by Crippen LogP contribution is 2.31. The van der Waals surface area contributed by atoms with Crippen molar-refractivity contribution in [2.45, 2.75) is 36.5 Å². The van der Waals surface area contributed by atoms with E-state index in [0.29, 0.717) is 13.0 Å². The first-order valence-corrected chi connectivity index (χ1v) is 11.2. The fraction of sp³-hybridized carbons (Fsp3) is 0.261. The molecule has 1 fully saturated rings. The van der Waals surface area contributed by atoms with E-state index in [9.17, 15) is 18.3 Å². The average Bonchev–Trinajstić information content (AvgIpc) is 3.15. The highest BCUT2D eigenvalue weighted by molar-refractivity contribution is 7.89. The van der Waals surface area contributed by atoms with E-state index in [2.05, 4.69) is 0 Å². The van der Waals surface area contributed by atoms with E-state index in [1.807, 2.05) is 54.6 Å². The van der Waals surface area contributed by atoms with E-state index < -0.39 is 22.0 Å². The molecule has 4 rings (SSSR count). The molecule has 0 aromatic heterocycles. The summed E-state index contributed by atoms with van der Waals surface area (Å²) >= 11 is 0. The van der Waals surface area contributed by atoms with Crippen LogP contribution in [0.2, 0.25) is 0 Å². The molecular weight excluding hydrogens is 402 g/mol. The molecule has 6 nitrogen and oxygen atoms in total. The predicted molar refractivity (Wildman–Crippen MR) is 111 cm³/mol. The number of carbonyl (C=O) groups excluding carboxylic acids is 1. The van der Waals surface area contributed by atoms with Crippen LogP contribution in [0.3, 0.4) is 0 Å². The molecule has 0 N–H and O–H groups in total. The van der Waals surface area contributed by atoms with Crippen LogP contribution < -0.4 is 5.11 Å². The second-order valence-corrected chi connectivity index (χ2v) is 9.36. The van der Waals surface area contributed by atoms with Crippen LogP contribution in [0.15, 0.2) is 77.7 Å². The number of sulfonamides is 1. The van der Waals surface area contributed by atoms with Crippen molar-refractivity contribution in [2.75, 3.05) is 6.54 Å². The Labute approximate surface area is 175 Å². The molecule has 7 heteroatoms. The van der Waals surface area contributed by atoms with Crippen LogP contribution >= 0.6 is 0 Å². The molecule has 3 aromatic carbocycles. The summed E-state index contributed by atoms with van der Waals surface area (Å²) in [7, 11) is -3.88. The molecule has 2 atom stereocenters. The van der Waals surface area contributed by atoms with Crippen molar-refractivity contribution in [3.8, 4) is 0 Å². The fourth-order valence-electron chi connectivity index (χ4n) is 3.89. The maximum atomic E-state index is 13.3. The lowest BCUT2D eigenvalue weighted by molar-refractivity contribution is -0.306. The first-order chi connectivity index (χ1) is 14.4. The quantitative estimate of drug-likeness (QED) is 0.581. The van der Waals surface area contributed by atoms with Gasteiger partial charge in [-0.3, -0.25) is 0 Å². The number of aliphatic carboxylic acids is 1. The number of carboxylic acids is 1. The van der Waals surface area contributed by atoms with E-state index >= 15 is 0 Å². The van der Waals surface area contributed by atoms with E-state index in [1.165, 1.54) is 4.31 Å². The molecule has 0 amide bonds. The smallest absolute Gasteiger partial charge is 0.243 e. The summed E-state index contributed by atoms with van der Waals surface area (Å²) in [4.78, 5) is 11.4. The van der Waals surface area contributed by atoms with E-state index in [-0.39, 0.29) is 24.0 Å². The van der Waals surface area contributed by atoms with Crippen molar-refractivity contribution in [3.05, 3.63) is 78.4 Å². The monoisotopic (exact) mass is 424 g/mol. The number of carboxylic acid groups (broad SMARTS) is 1. The Bertz CT molecular complexity index is 1150. The van der Waals surface area contributed by atoms with Gasteiger partial charge in [-0.1, -0.05) is 60.7 Å². The lowest BCUT2D eigenvalue weighted by atomic mass is 10.1. The number of hydrogen-bond donors (Lipinski definition) is 0. The molecule has 30 heavy (non-hydrogen) atoms. The molecule has 2 unspecified atom stereocenters. The van der Waals surface area contributed by atoms with Crippen LogP contribution in [0, 0.1) is 0 Å². The largest absolute Gasteiger partial charge is 0.550 e. The highest BCUT2D eigenvalue weighted by atomic mass is 32.2. The van der Waals surface area contributed by atoms with Crippen molar-refractivity contribution in [2.24, 2.45) is 0 Å². The summed E-state index contributed by atoms with van der Waals surface area (Å²) in [5, 5.41) is 13.0. The molecule has 0 radical (unpaired) electrons. The minimum atomic E-state index is -3.88. The SMILES string of the molecule is O=C([O-])CC1CC(OCc2ccccc2)CN1S(=O)(=O)c1ccc2ccccc2c1. The van der Waals surface area contributed by atoms with Gasteiger partial charge in [0.15, 0.2) is 0 Å². The third-order valence-electron chi connectivity index (χ3n) is 5.38. The topological polar surface area (TPSA) is 86.7 Å². The minimum Gasteiger partial charge on any atom is -0.550 e. The lowest BCUT2D eigenvalue weighted by Crippen LogP contribution is -2.39. The molecular formula is C23H22NO5S-. The van der Waals surface area contributed by atoms with Gasteiger partial charge in [-0.05, 0) is 34.9 Å². The van der Waals surface area contributed by atoms with E-state index in [4.69, 9.17) is 4.74 Å². The normalized spacial score (nSPS) is 19.9. The number of carbonyl (C=O) groups is 1. The molecule has 0 aliphatic carbocycles. The maximum absolute atomic E-state index is 13.3. The van der Waals surface area contributed by atoms with Gasteiger partial charge in [0.25, 0.3) is 0 Å². The Morgan fingerprint density at radius 1 is 1.00 bits per heavy atom. The van der Waals surface area contributed by atoms with Gasteiger partial charge in [0.2, 0.25) is 10.0 Å². The average molecular weight is 424 g/mol. The number of ether oxygens (including phenoxy) is 1. The third-order valence-corrected chi connectivity index (χ3v) is 7.30. The zero-order chi connectivity index (χ0) is 21.1. The van der Waals surface area contributed by atoms with Gasteiger partial charge in [-0.15, -0.1) is 0 Å². The first kappa shape index (κ1) is 20.5. The van der Waals surface area contributed by atoms with Gasteiger partial charge in [-0.2, -0.15) is 4.31 Å². The predicted octanol–water partition coefficient (Wildman–Crippen LogP) is 2.33. The van der Waals surface area contributed by atoms with E-state index in [1.54, 1.807) is 18.2 Å². The molecule has 0 saturated carbocycles. The number of nitrogens with zero attached hydrogens (tertiary/aromatic N) is 1. The summed E-state index contributed by atoms with van der Waals surface area (Å²) < 4.78 is 33.9. The van der Waals surface area contributed by atoms with Crippen molar-refractivity contribution in [3.63, 3.8) is 0 Å². The van der Waals surface area contributed by atoms with Crippen molar-refractivity contribution in [1.29, 1.82) is 0 Å². The van der Waals surface area contributed by atoms with Crippen LogP contribution in [0.4, 0.5) is 0 Å². The van der Waals surface area contributed by atoms with E-state index in [0.717, 1.165) is 16.3 Å². The molecule has 1 aliphatic rings. The fourth-order valence-corrected chi connectivity index (χ4v) is 5.59. The maximum Gasteiger partial charge on any atom is 0.243 e. The van der Waals surface area contributed by atoms with Gasteiger partial charge >= 0.3 is 0 Å². The Morgan fingerprint density at radius 2 is 1.70 bits per heavy atom. The summed E-state index contributed by atoms with van der Waals surface area (Å²) in [6, 6.07) is 21.3. The molecule has 1 heterocycles. The summed E-state index contributed by atoms with van der Waals surface area (Å²) in [5.41, 5.74) is 0.977. The summed E-state index contributed by atoms with van der Waals surface area (Å²) in [5.74, 6) is -1.28.